The number of aromatic nitrogens is 4. The van der Waals surface area contributed by atoms with Gasteiger partial charge in [0.05, 0.1) is 0 Å². The van der Waals surface area contributed by atoms with E-state index in [-0.39, 0.29) is 24.0 Å². The summed E-state index contributed by atoms with van der Waals surface area (Å²) in [7, 11) is 1.95. The van der Waals surface area contributed by atoms with E-state index in [2.05, 4.69) is 48.3 Å². The Morgan fingerprint density at radius 3 is 2.59 bits per heavy atom. The van der Waals surface area contributed by atoms with Gasteiger partial charge in [0.25, 0.3) is 0 Å². The first-order valence-electron chi connectivity index (χ1n) is 9.11. The highest BCUT2D eigenvalue weighted by molar-refractivity contribution is 14.0. The molecule has 0 radical (unpaired) electrons. The third kappa shape index (κ3) is 7.56. The van der Waals surface area contributed by atoms with Crippen molar-refractivity contribution in [1.29, 1.82) is 0 Å². The molecule has 0 fully saturated rings. The van der Waals surface area contributed by atoms with Crippen molar-refractivity contribution in [3.63, 3.8) is 0 Å². The maximum Gasteiger partial charge on any atom is 0.191 e. The molecule has 0 aliphatic heterocycles. The minimum absolute atomic E-state index is 0. The molecule has 3 rings (SSSR count). The normalized spacial score (nSPS) is 11.2. The number of pyridine rings is 1. The number of guanidine groups is 1. The summed E-state index contributed by atoms with van der Waals surface area (Å²) in [6.45, 7) is 3.95. The van der Waals surface area contributed by atoms with Crippen LogP contribution < -0.4 is 10.6 Å². The molecule has 0 saturated carbocycles. The average molecular weight is 546 g/mol. The highest BCUT2D eigenvalue weighted by Crippen LogP contribution is 2.08. The van der Waals surface area contributed by atoms with Crippen LogP contribution in [0.2, 0.25) is 5.15 Å². The quantitative estimate of drug-likeness (QED) is 0.196. The Hall–Kier alpha value is -1.72. The summed E-state index contributed by atoms with van der Waals surface area (Å²) >= 11 is 7.61. The lowest BCUT2D eigenvalue weighted by Gasteiger charge is -2.12. The van der Waals surface area contributed by atoms with Gasteiger partial charge >= 0.3 is 0 Å². The molecule has 7 nitrogen and oxygen atoms in total. The van der Waals surface area contributed by atoms with Crippen LogP contribution in [-0.4, -0.2) is 38.8 Å². The van der Waals surface area contributed by atoms with Gasteiger partial charge in [-0.05, 0) is 42.8 Å². The van der Waals surface area contributed by atoms with Gasteiger partial charge in [-0.1, -0.05) is 23.7 Å². The van der Waals surface area contributed by atoms with Crippen LogP contribution in [0.3, 0.4) is 0 Å². The van der Waals surface area contributed by atoms with Gasteiger partial charge in [0.1, 0.15) is 17.5 Å². The van der Waals surface area contributed by atoms with Gasteiger partial charge in [0, 0.05) is 31.2 Å². The van der Waals surface area contributed by atoms with Gasteiger partial charge in [-0.3, -0.25) is 0 Å². The Morgan fingerprint density at radius 2 is 1.97 bits per heavy atom. The first-order valence-corrected chi connectivity index (χ1v) is 10.4. The van der Waals surface area contributed by atoms with Crippen LogP contribution in [0.25, 0.3) is 0 Å². The van der Waals surface area contributed by atoms with Crippen molar-refractivity contribution in [2.75, 3.05) is 13.1 Å². The van der Waals surface area contributed by atoms with Gasteiger partial charge in [-0.15, -0.1) is 45.5 Å². The third-order valence-electron chi connectivity index (χ3n) is 4.30. The van der Waals surface area contributed by atoms with Gasteiger partial charge in [0.2, 0.25) is 0 Å². The second-order valence-corrected chi connectivity index (χ2v) is 7.73. The number of hydrogen-bond acceptors (Lipinski definition) is 5. The number of halogens is 2. The number of thiophene rings is 1. The molecule has 10 heteroatoms. The molecule has 0 aliphatic rings. The fraction of sp³-hybridized carbons (Fsp3) is 0.368. The molecule has 3 aromatic rings. The SMILES string of the molecule is Cc1nnc(CN=C(NCCc2ccc(Cl)nc2)NCCc2cccs2)n1C.I. The lowest BCUT2D eigenvalue weighted by Crippen LogP contribution is -2.39. The van der Waals surface area contributed by atoms with Crippen LogP contribution >= 0.6 is 46.9 Å². The van der Waals surface area contributed by atoms with Gasteiger partial charge < -0.3 is 15.2 Å². The molecule has 0 spiro atoms. The molecule has 3 aromatic heterocycles. The number of rotatable bonds is 8. The van der Waals surface area contributed by atoms with Crippen molar-refractivity contribution in [2.24, 2.45) is 12.0 Å². The molecule has 0 aliphatic carbocycles. The topological polar surface area (TPSA) is 80.0 Å². The highest BCUT2D eigenvalue weighted by Gasteiger charge is 2.06. The van der Waals surface area contributed by atoms with Crippen LogP contribution in [0.4, 0.5) is 0 Å². The summed E-state index contributed by atoms with van der Waals surface area (Å²) in [5, 5.41) is 17.6. The lowest BCUT2D eigenvalue weighted by atomic mass is 10.2. The standard InChI is InChI=1S/C19H24ClN7S.HI/c1-14-25-26-18(27(14)2)13-24-19(22-10-8-16-4-3-11-28-16)21-9-7-15-5-6-17(20)23-12-15;/h3-6,11-12H,7-10,13H2,1-2H3,(H2,21,22,24);1H. The molecule has 0 atom stereocenters. The van der Waals surface area contributed by atoms with E-state index in [1.165, 1.54) is 4.88 Å². The number of hydrogen-bond donors (Lipinski definition) is 2. The zero-order valence-corrected chi connectivity index (χ0v) is 20.3. The number of aliphatic imine (C=N–C) groups is 1. The Bertz CT molecular complexity index is 894. The van der Waals surface area contributed by atoms with Gasteiger partial charge in [0.15, 0.2) is 11.8 Å². The molecule has 0 bridgehead atoms. The molecular formula is C19H25ClIN7S. The first kappa shape index (κ1) is 23.6. The molecule has 0 aromatic carbocycles. The maximum atomic E-state index is 5.84. The van der Waals surface area contributed by atoms with E-state index < -0.39 is 0 Å². The second kappa shape index (κ2) is 12.1. The Morgan fingerprint density at radius 1 is 1.17 bits per heavy atom. The minimum Gasteiger partial charge on any atom is -0.356 e. The molecular weight excluding hydrogens is 521 g/mol. The summed E-state index contributed by atoms with van der Waals surface area (Å²) in [6, 6.07) is 8.01. The minimum atomic E-state index is 0. The van der Waals surface area contributed by atoms with E-state index in [0.717, 1.165) is 49.1 Å². The molecule has 2 N–H and O–H groups in total. The maximum absolute atomic E-state index is 5.84. The lowest BCUT2D eigenvalue weighted by molar-refractivity contribution is 0.746. The fourth-order valence-electron chi connectivity index (χ4n) is 2.55. The molecule has 0 unspecified atom stereocenters. The molecule has 0 amide bonds. The summed E-state index contributed by atoms with van der Waals surface area (Å²) < 4.78 is 1.95. The second-order valence-electron chi connectivity index (χ2n) is 6.31. The molecule has 156 valence electrons. The fourth-order valence-corrected chi connectivity index (χ4v) is 3.37. The highest BCUT2D eigenvalue weighted by atomic mass is 127. The van der Waals surface area contributed by atoms with E-state index in [1.54, 1.807) is 17.5 Å². The smallest absolute Gasteiger partial charge is 0.191 e. The van der Waals surface area contributed by atoms with Crippen molar-refractivity contribution in [3.8, 4) is 0 Å². The van der Waals surface area contributed by atoms with Crippen LogP contribution in [0, 0.1) is 6.92 Å². The van der Waals surface area contributed by atoms with E-state index >= 15 is 0 Å². The number of nitrogens with one attached hydrogen (secondary N) is 2. The van der Waals surface area contributed by atoms with Crippen molar-refractivity contribution >= 4 is 52.9 Å². The molecule has 29 heavy (non-hydrogen) atoms. The van der Waals surface area contributed by atoms with E-state index in [0.29, 0.717) is 11.7 Å². The third-order valence-corrected chi connectivity index (χ3v) is 5.46. The van der Waals surface area contributed by atoms with Crippen molar-refractivity contribution < 1.29 is 0 Å². The number of nitrogens with zero attached hydrogens (tertiary/aromatic N) is 5. The Labute approximate surface area is 197 Å². The van der Waals surface area contributed by atoms with E-state index in [4.69, 9.17) is 11.6 Å². The predicted octanol–water partition coefficient (Wildman–Crippen LogP) is 3.37. The monoisotopic (exact) mass is 545 g/mol. The van der Waals surface area contributed by atoms with Crippen molar-refractivity contribution in [3.05, 3.63) is 63.1 Å². The van der Waals surface area contributed by atoms with E-state index in [1.807, 2.05) is 30.7 Å². The Balaban J connectivity index is 0.00000300. The summed E-state index contributed by atoms with van der Waals surface area (Å²) in [5.74, 6) is 2.47. The van der Waals surface area contributed by atoms with Crippen LogP contribution in [0.5, 0.6) is 0 Å². The van der Waals surface area contributed by atoms with E-state index in [9.17, 15) is 0 Å². The van der Waals surface area contributed by atoms with Crippen LogP contribution in [0.15, 0.2) is 40.8 Å². The summed E-state index contributed by atoms with van der Waals surface area (Å²) in [6.07, 6.45) is 3.59. The predicted molar refractivity (Wildman–Crippen MR) is 129 cm³/mol. The van der Waals surface area contributed by atoms with Crippen LogP contribution in [-0.2, 0) is 26.4 Å². The number of aryl methyl sites for hydroxylation is 1. The summed E-state index contributed by atoms with van der Waals surface area (Å²) in [5.41, 5.74) is 1.12. The van der Waals surface area contributed by atoms with Gasteiger partial charge in [-0.2, -0.15) is 0 Å². The summed E-state index contributed by atoms with van der Waals surface area (Å²) in [4.78, 5) is 10.1. The zero-order chi connectivity index (χ0) is 19.8. The van der Waals surface area contributed by atoms with Crippen LogP contribution in [0.1, 0.15) is 22.1 Å². The van der Waals surface area contributed by atoms with Gasteiger partial charge in [-0.25, -0.2) is 9.98 Å². The Kier molecular flexibility index (Phi) is 9.82. The first-order chi connectivity index (χ1) is 13.6. The molecule has 0 saturated heterocycles. The van der Waals surface area contributed by atoms with Crippen molar-refractivity contribution in [2.45, 2.75) is 26.3 Å². The molecule has 3 heterocycles. The average Bonchev–Trinajstić information content (AvgIpc) is 3.32. The van der Waals surface area contributed by atoms with Crippen molar-refractivity contribution in [1.82, 2.24) is 30.4 Å². The zero-order valence-electron chi connectivity index (χ0n) is 16.4. The largest absolute Gasteiger partial charge is 0.356 e.